The van der Waals surface area contributed by atoms with E-state index in [4.69, 9.17) is 5.73 Å². The summed E-state index contributed by atoms with van der Waals surface area (Å²) in [4.78, 5) is 2.69. The summed E-state index contributed by atoms with van der Waals surface area (Å²) in [5, 5.41) is 0. The summed E-state index contributed by atoms with van der Waals surface area (Å²) in [6.45, 7) is 5.92. The Balaban J connectivity index is 1.85. The molecule has 0 radical (unpaired) electrons. The zero-order valence-electron chi connectivity index (χ0n) is 8.71. The molecule has 0 spiro atoms. The van der Waals surface area contributed by atoms with Gasteiger partial charge < -0.3 is 5.73 Å². The van der Waals surface area contributed by atoms with Crippen molar-refractivity contribution in [1.29, 1.82) is 0 Å². The van der Waals surface area contributed by atoms with Crippen LogP contribution in [-0.2, 0) is 0 Å². The Morgan fingerprint density at radius 1 is 1.31 bits per heavy atom. The molecule has 2 nitrogen and oxygen atoms in total. The molecule has 1 heterocycles. The van der Waals surface area contributed by atoms with Gasteiger partial charge >= 0.3 is 0 Å². The van der Waals surface area contributed by atoms with Gasteiger partial charge in [0.2, 0.25) is 0 Å². The Hall–Kier alpha value is -0.0800. The summed E-state index contributed by atoms with van der Waals surface area (Å²) in [6, 6.07) is 0.841. The second-order valence-corrected chi connectivity index (χ2v) is 4.88. The number of likely N-dealkylation sites (tertiary alicyclic amines) is 1. The van der Waals surface area contributed by atoms with Gasteiger partial charge in [-0.1, -0.05) is 6.92 Å². The summed E-state index contributed by atoms with van der Waals surface area (Å²) in [5.74, 6) is 1.72. The standard InChI is InChI=1S/C11H22N2/c1-9-3-2-6-13(8-9)11-5-4-10(11)7-12/h9-11H,2-8,12H2,1H3. The van der Waals surface area contributed by atoms with Crippen molar-refractivity contribution < 1.29 is 0 Å². The molecule has 0 aromatic heterocycles. The monoisotopic (exact) mass is 182 g/mol. The van der Waals surface area contributed by atoms with Gasteiger partial charge in [0.15, 0.2) is 0 Å². The van der Waals surface area contributed by atoms with Crippen molar-refractivity contribution in [1.82, 2.24) is 4.90 Å². The molecule has 1 saturated carbocycles. The minimum absolute atomic E-state index is 0.810. The maximum absolute atomic E-state index is 5.74. The third-order valence-electron chi connectivity index (χ3n) is 3.84. The summed E-state index contributed by atoms with van der Waals surface area (Å²) < 4.78 is 0. The third kappa shape index (κ3) is 1.89. The molecule has 3 unspecified atom stereocenters. The fraction of sp³-hybridized carbons (Fsp3) is 1.00. The number of nitrogens with zero attached hydrogens (tertiary/aromatic N) is 1. The molecule has 0 aromatic carbocycles. The van der Waals surface area contributed by atoms with E-state index in [0.29, 0.717) is 0 Å². The smallest absolute Gasteiger partial charge is 0.0136 e. The highest BCUT2D eigenvalue weighted by Crippen LogP contribution is 2.33. The highest BCUT2D eigenvalue weighted by Gasteiger charge is 2.35. The molecule has 0 aromatic rings. The number of rotatable bonds is 2. The second kappa shape index (κ2) is 3.97. The van der Waals surface area contributed by atoms with Gasteiger partial charge in [0, 0.05) is 12.6 Å². The van der Waals surface area contributed by atoms with Crippen LogP contribution < -0.4 is 5.73 Å². The highest BCUT2D eigenvalue weighted by molar-refractivity contribution is 4.90. The molecule has 76 valence electrons. The molecule has 1 saturated heterocycles. The van der Waals surface area contributed by atoms with Gasteiger partial charge in [-0.3, -0.25) is 4.90 Å². The molecule has 0 amide bonds. The van der Waals surface area contributed by atoms with Gasteiger partial charge in [0.05, 0.1) is 0 Å². The van der Waals surface area contributed by atoms with Crippen LogP contribution in [0.15, 0.2) is 0 Å². The zero-order chi connectivity index (χ0) is 9.26. The fourth-order valence-corrected chi connectivity index (χ4v) is 2.83. The molecule has 3 atom stereocenters. The molecule has 2 aliphatic rings. The van der Waals surface area contributed by atoms with Crippen molar-refractivity contribution in [2.45, 2.75) is 38.6 Å². The summed E-state index contributed by atoms with van der Waals surface area (Å²) >= 11 is 0. The largest absolute Gasteiger partial charge is 0.330 e. The topological polar surface area (TPSA) is 29.3 Å². The van der Waals surface area contributed by atoms with Crippen molar-refractivity contribution >= 4 is 0 Å². The van der Waals surface area contributed by atoms with E-state index in [0.717, 1.165) is 24.4 Å². The highest BCUT2D eigenvalue weighted by atomic mass is 15.2. The molecule has 2 heteroatoms. The van der Waals surface area contributed by atoms with E-state index in [1.165, 1.54) is 38.8 Å². The third-order valence-corrected chi connectivity index (χ3v) is 3.84. The number of hydrogen-bond donors (Lipinski definition) is 1. The normalized spacial score (nSPS) is 41.5. The summed E-state index contributed by atoms with van der Waals surface area (Å²) in [7, 11) is 0. The Bertz CT molecular complexity index is 167. The minimum atomic E-state index is 0.810. The van der Waals surface area contributed by atoms with E-state index in [2.05, 4.69) is 11.8 Å². The molecule has 2 rings (SSSR count). The molecule has 1 aliphatic carbocycles. The summed E-state index contributed by atoms with van der Waals surface area (Å²) in [5.41, 5.74) is 5.74. The SMILES string of the molecule is CC1CCCN(C2CCC2CN)C1. The lowest BCUT2D eigenvalue weighted by Crippen LogP contribution is -2.52. The maximum Gasteiger partial charge on any atom is 0.0136 e. The van der Waals surface area contributed by atoms with Crippen molar-refractivity contribution in [3.8, 4) is 0 Å². The molecule has 13 heavy (non-hydrogen) atoms. The lowest BCUT2D eigenvalue weighted by molar-refractivity contribution is 0.0353. The Kier molecular flexibility index (Phi) is 2.89. The lowest BCUT2D eigenvalue weighted by Gasteiger charge is -2.46. The fourth-order valence-electron chi connectivity index (χ4n) is 2.83. The van der Waals surface area contributed by atoms with Crippen LogP contribution >= 0.6 is 0 Å². The Morgan fingerprint density at radius 2 is 2.15 bits per heavy atom. The Morgan fingerprint density at radius 3 is 2.69 bits per heavy atom. The molecular formula is C11H22N2. The molecule has 0 bridgehead atoms. The molecular weight excluding hydrogens is 160 g/mol. The maximum atomic E-state index is 5.74. The van der Waals surface area contributed by atoms with Crippen LogP contribution in [0.2, 0.25) is 0 Å². The van der Waals surface area contributed by atoms with Crippen molar-refractivity contribution in [3.63, 3.8) is 0 Å². The van der Waals surface area contributed by atoms with Crippen LogP contribution in [0.4, 0.5) is 0 Å². The first-order chi connectivity index (χ1) is 6.31. The van der Waals surface area contributed by atoms with Gasteiger partial charge in [-0.05, 0) is 50.6 Å². The van der Waals surface area contributed by atoms with Gasteiger partial charge in [-0.15, -0.1) is 0 Å². The second-order valence-electron chi connectivity index (χ2n) is 4.88. The van der Waals surface area contributed by atoms with Crippen molar-refractivity contribution in [2.75, 3.05) is 19.6 Å². The predicted octanol–water partition coefficient (Wildman–Crippen LogP) is 1.46. The van der Waals surface area contributed by atoms with Crippen molar-refractivity contribution in [3.05, 3.63) is 0 Å². The first kappa shape index (κ1) is 9.47. The van der Waals surface area contributed by atoms with E-state index in [9.17, 15) is 0 Å². The van der Waals surface area contributed by atoms with E-state index in [-0.39, 0.29) is 0 Å². The predicted molar refractivity (Wildman–Crippen MR) is 55.5 cm³/mol. The number of nitrogens with two attached hydrogens (primary N) is 1. The van der Waals surface area contributed by atoms with Crippen LogP contribution in [0.5, 0.6) is 0 Å². The zero-order valence-corrected chi connectivity index (χ0v) is 8.71. The van der Waals surface area contributed by atoms with Crippen LogP contribution in [0, 0.1) is 11.8 Å². The summed E-state index contributed by atoms with van der Waals surface area (Å²) in [6.07, 6.45) is 5.59. The van der Waals surface area contributed by atoms with Gasteiger partial charge in [-0.25, -0.2) is 0 Å². The molecule has 2 N–H and O–H groups in total. The first-order valence-corrected chi connectivity index (χ1v) is 5.75. The minimum Gasteiger partial charge on any atom is -0.330 e. The van der Waals surface area contributed by atoms with Crippen LogP contribution in [0.1, 0.15) is 32.6 Å². The lowest BCUT2D eigenvalue weighted by atomic mass is 9.77. The average Bonchev–Trinajstić information content (AvgIpc) is 2.03. The van der Waals surface area contributed by atoms with Gasteiger partial charge in [0.25, 0.3) is 0 Å². The van der Waals surface area contributed by atoms with E-state index < -0.39 is 0 Å². The van der Waals surface area contributed by atoms with Crippen LogP contribution in [0.25, 0.3) is 0 Å². The van der Waals surface area contributed by atoms with E-state index in [1.807, 2.05) is 0 Å². The number of piperidine rings is 1. The van der Waals surface area contributed by atoms with E-state index >= 15 is 0 Å². The van der Waals surface area contributed by atoms with Crippen LogP contribution in [0.3, 0.4) is 0 Å². The quantitative estimate of drug-likeness (QED) is 0.700. The number of hydrogen-bond acceptors (Lipinski definition) is 2. The molecule has 2 fully saturated rings. The average molecular weight is 182 g/mol. The first-order valence-electron chi connectivity index (χ1n) is 5.75. The van der Waals surface area contributed by atoms with Gasteiger partial charge in [0.1, 0.15) is 0 Å². The Labute approximate surface area is 81.5 Å². The molecule has 1 aliphatic heterocycles. The van der Waals surface area contributed by atoms with Crippen molar-refractivity contribution in [2.24, 2.45) is 17.6 Å². The van der Waals surface area contributed by atoms with Crippen LogP contribution in [-0.4, -0.2) is 30.6 Å². The van der Waals surface area contributed by atoms with E-state index in [1.54, 1.807) is 0 Å². The van der Waals surface area contributed by atoms with Gasteiger partial charge in [-0.2, -0.15) is 0 Å².